The van der Waals surface area contributed by atoms with Crippen LogP contribution in [0.25, 0.3) is 150 Å². The maximum Gasteiger partial charge on any atom is 0.135 e. The summed E-state index contributed by atoms with van der Waals surface area (Å²) >= 11 is 3.76. The lowest BCUT2D eigenvalue weighted by Gasteiger charge is -2.16. The predicted octanol–water partition coefficient (Wildman–Crippen LogP) is 18.2. The number of rotatable bonds is 2. The molecule has 0 saturated carbocycles. The Bertz CT molecular complexity index is 4170. The minimum absolute atomic E-state index is 0.909. The number of fused-ring (bicyclic) bond motifs is 18. The summed E-state index contributed by atoms with van der Waals surface area (Å²) in [6.45, 7) is 0. The molecule has 0 amide bonds. The molecule has 11 aromatic carbocycles. The van der Waals surface area contributed by atoms with E-state index in [4.69, 9.17) is 8.83 Å². The van der Waals surface area contributed by atoms with E-state index in [1.54, 1.807) is 0 Å². The van der Waals surface area contributed by atoms with Crippen molar-refractivity contribution >= 4 is 150 Å². The van der Waals surface area contributed by atoms with Crippen molar-refractivity contribution in [1.82, 2.24) is 0 Å². The summed E-state index contributed by atoms with van der Waals surface area (Å²) < 4.78 is 17.9. The third kappa shape index (κ3) is 4.57. The van der Waals surface area contributed by atoms with Gasteiger partial charge in [-0.25, -0.2) is 0 Å². The highest BCUT2D eigenvalue weighted by Gasteiger charge is 2.19. The molecule has 4 aromatic heterocycles. The molecule has 0 spiro atoms. The van der Waals surface area contributed by atoms with Crippen molar-refractivity contribution in [2.45, 2.75) is 0 Å². The summed E-state index contributed by atoms with van der Waals surface area (Å²) in [6.07, 6.45) is 0. The Kier molecular flexibility index (Phi) is 6.48. The van der Waals surface area contributed by atoms with E-state index in [-0.39, 0.29) is 0 Å². The number of hydrogen-bond donors (Lipinski definition) is 0. The summed E-state index contributed by atoms with van der Waals surface area (Å²) in [4.78, 5) is 0. The lowest BCUT2D eigenvalue weighted by Crippen LogP contribution is -1.89. The van der Waals surface area contributed by atoms with Crippen molar-refractivity contribution in [3.05, 3.63) is 182 Å². The van der Waals surface area contributed by atoms with Crippen LogP contribution in [0, 0.1) is 0 Å². The molecule has 0 radical (unpaired) electrons. The van der Waals surface area contributed by atoms with Gasteiger partial charge < -0.3 is 8.83 Å². The first-order valence-corrected chi connectivity index (χ1v) is 22.7. The standard InChI is InChI=1S/C58H30O2S2/c1-5-13-51-35(9-1)47-21-31(17-19-53(47)59-51)39-23-33-25-42-34(26-41(33)45-29-57-49(27-43(39)45)37-11-3-7-15-55(37)61-57)24-40(32-18-20-54-48(22-32)36-10-2-6-14-52(36)60-54)44-28-50-38-12-4-8-16-56(38)62-58(50)30-46(42)44/h1-30H. The lowest BCUT2D eigenvalue weighted by atomic mass is 9.87. The van der Waals surface area contributed by atoms with Crippen LogP contribution >= 0.6 is 22.7 Å². The molecular weight excluding hydrogens is 793 g/mol. The first-order valence-electron chi connectivity index (χ1n) is 21.0. The van der Waals surface area contributed by atoms with Gasteiger partial charge >= 0.3 is 0 Å². The Morgan fingerprint density at radius 3 is 1.15 bits per heavy atom. The van der Waals surface area contributed by atoms with Gasteiger partial charge in [-0.2, -0.15) is 0 Å². The Morgan fingerprint density at radius 1 is 0.242 bits per heavy atom. The van der Waals surface area contributed by atoms with E-state index >= 15 is 0 Å². The van der Waals surface area contributed by atoms with Gasteiger partial charge in [0.25, 0.3) is 0 Å². The number of para-hydroxylation sites is 2. The maximum atomic E-state index is 6.31. The maximum absolute atomic E-state index is 6.31. The molecule has 0 N–H and O–H groups in total. The molecule has 0 unspecified atom stereocenters. The molecule has 286 valence electrons. The third-order valence-electron chi connectivity index (χ3n) is 13.4. The van der Waals surface area contributed by atoms with Crippen LogP contribution in [0.1, 0.15) is 0 Å². The van der Waals surface area contributed by atoms with E-state index in [0.29, 0.717) is 0 Å². The van der Waals surface area contributed by atoms with Gasteiger partial charge in [-0.05, 0) is 162 Å². The third-order valence-corrected chi connectivity index (χ3v) is 15.7. The number of benzene rings is 11. The van der Waals surface area contributed by atoms with Crippen LogP contribution in [-0.4, -0.2) is 0 Å². The van der Waals surface area contributed by atoms with Gasteiger partial charge in [0.2, 0.25) is 0 Å². The van der Waals surface area contributed by atoms with Crippen LogP contribution in [0.15, 0.2) is 191 Å². The molecule has 2 nitrogen and oxygen atoms in total. The summed E-state index contributed by atoms with van der Waals surface area (Å²) in [5, 5.41) is 19.8. The average Bonchev–Trinajstić information content (AvgIpc) is 4.08. The van der Waals surface area contributed by atoms with E-state index in [1.165, 1.54) is 106 Å². The number of hydrogen-bond acceptors (Lipinski definition) is 4. The fraction of sp³-hybridized carbons (Fsp3) is 0. The van der Waals surface area contributed by atoms with Crippen molar-refractivity contribution in [2.24, 2.45) is 0 Å². The summed E-state index contributed by atoms with van der Waals surface area (Å²) in [5.74, 6) is 0. The molecular formula is C58H30O2S2. The summed E-state index contributed by atoms with van der Waals surface area (Å²) in [5.41, 5.74) is 8.47. The van der Waals surface area contributed by atoms with E-state index in [9.17, 15) is 0 Å². The molecule has 15 rings (SSSR count). The van der Waals surface area contributed by atoms with E-state index in [0.717, 1.165) is 43.9 Å². The van der Waals surface area contributed by atoms with Crippen LogP contribution in [-0.2, 0) is 0 Å². The molecule has 0 atom stereocenters. The van der Waals surface area contributed by atoms with Crippen LogP contribution in [0.4, 0.5) is 0 Å². The minimum Gasteiger partial charge on any atom is -0.456 e. The zero-order chi connectivity index (χ0) is 40.2. The molecule has 0 bridgehead atoms. The van der Waals surface area contributed by atoms with Crippen molar-refractivity contribution < 1.29 is 8.83 Å². The smallest absolute Gasteiger partial charge is 0.135 e. The van der Waals surface area contributed by atoms with Gasteiger partial charge in [0.15, 0.2) is 0 Å². The van der Waals surface area contributed by atoms with E-state index in [1.807, 2.05) is 34.8 Å². The highest BCUT2D eigenvalue weighted by molar-refractivity contribution is 7.26. The quantitative estimate of drug-likeness (QED) is 0.128. The fourth-order valence-electron chi connectivity index (χ4n) is 10.5. The molecule has 0 aliphatic carbocycles. The van der Waals surface area contributed by atoms with Crippen LogP contribution in [0.5, 0.6) is 0 Å². The average molecular weight is 823 g/mol. The van der Waals surface area contributed by atoms with Gasteiger partial charge in [0, 0.05) is 61.9 Å². The normalized spacial score (nSPS) is 12.5. The molecule has 0 fully saturated rings. The van der Waals surface area contributed by atoms with Gasteiger partial charge in [-0.15, -0.1) is 22.7 Å². The topological polar surface area (TPSA) is 26.3 Å². The van der Waals surface area contributed by atoms with Crippen LogP contribution in [0.3, 0.4) is 0 Å². The highest BCUT2D eigenvalue weighted by atomic mass is 32.1. The second-order valence-electron chi connectivity index (χ2n) is 16.7. The SMILES string of the molecule is c1ccc2c(c1)oc1ccc(-c3cc4cc5c(cc(-c6ccc7oc8ccccc8c7c6)c6cc7c(cc65)sc5ccccc57)cc4c4cc5sc6ccccc6c5cc34)cc12. The molecule has 4 heterocycles. The molecule has 15 aromatic rings. The van der Waals surface area contributed by atoms with Crippen molar-refractivity contribution in [3.8, 4) is 22.3 Å². The van der Waals surface area contributed by atoms with Crippen molar-refractivity contribution in [2.75, 3.05) is 0 Å². The van der Waals surface area contributed by atoms with Gasteiger partial charge in [0.1, 0.15) is 22.3 Å². The molecule has 4 heteroatoms. The number of thiophene rings is 2. The first kappa shape index (κ1) is 33.2. The molecule has 0 aliphatic heterocycles. The Labute approximate surface area is 361 Å². The minimum atomic E-state index is 0.909. The Morgan fingerprint density at radius 2 is 0.661 bits per heavy atom. The predicted molar refractivity (Wildman–Crippen MR) is 268 cm³/mol. The fourth-order valence-corrected chi connectivity index (χ4v) is 12.8. The summed E-state index contributed by atoms with van der Waals surface area (Å²) in [6, 6.07) is 67.4. The van der Waals surface area contributed by atoms with Gasteiger partial charge in [-0.3, -0.25) is 0 Å². The number of furan rings is 2. The Hall–Kier alpha value is -7.50. The molecule has 62 heavy (non-hydrogen) atoms. The van der Waals surface area contributed by atoms with Crippen molar-refractivity contribution in [1.29, 1.82) is 0 Å². The zero-order valence-corrected chi connectivity index (χ0v) is 34.6. The largest absolute Gasteiger partial charge is 0.456 e. The Balaban J connectivity index is 1.07. The van der Waals surface area contributed by atoms with Crippen molar-refractivity contribution in [3.63, 3.8) is 0 Å². The van der Waals surface area contributed by atoms with Gasteiger partial charge in [0.05, 0.1) is 0 Å². The zero-order valence-electron chi connectivity index (χ0n) is 33.0. The van der Waals surface area contributed by atoms with Gasteiger partial charge in [-0.1, -0.05) is 84.9 Å². The first-order chi connectivity index (χ1) is 30.7. The van der Waals surface area contributed by atoms with E-state index in [2.05, 4.69) is 170 Å². The lowest BCUT2D eigenvalue weighted by molar-refractivity contribution is 0.668. The molecule has 0 aliphatic rings. The monoisotopic (exact) mass is 822 g/mol. The van der Waals surface area contributed by atoms with E-state index < -0.39 is 0 Å². The summed E-state index contributed by atoms with van der Waals surface area (Å²) in [7, 11) is 0. The second-order valence-corrected chi connectivity index (χ2v) is 18.9. The second kappa shape index (κ2) is 12.1. The van der Waals surface area contributed by atoms with Crippen LogP contribution < -0.4 is 0 Å². The molecule has 0 saturated heterocycles. The van der Waals surface area contributed by atoms with Crippen LogP contribution in [0.2, 0.25) is 0 Å². The highest BCUT2D eigenvalue weighted by Crippen LogP contribution is 2.47.